The number of aryl methyl sites for hydroxylation is 1. The number of amides is 2. The minimum Gasteiger partial charge on any atom is -0.355 e. The van der Waals surface area contributed by atoms with Gasteiger partial charge in [-0.05, 0) is 68.4 Å². The van der Waals surface area contributed by atoms with E-state index in [1.54, 1.807) is 0 Å². The summed E-state index contributed by atoms with van der Waals surface area (Å²) in [7, 11) is 0. The third-order valence-electron chi connectivity index (χ3n) is 6.15. The van der Waals surface area contributed by atoms with Gasteiger partial charge in [0, 0.05) is 30.7 Å². The van der Waals surface area contributed by atoms with Gasteiger partial charge in [0.05, 0.1) is 5.75 Å². The topological polar surface area (TPSA) is 87.2 Å². The molecule has 2 aliphatic rings. The van der Waals surface area contributed by atoms with Gasteiger partial charge in [-0.15, -0.1) is 10.2 Å². The zero-order valence-corrected chi connectivity index (χ0v) is 20.1. The van der Waals surface area contributed by atoms with Gasteiger partial charge in [-0.1, -0.05) is 37.2 Å². The highest BCUT2D eigenvalue weighted by Crippen LogP contribution is 2.25. The molecule has 1 saturated heterocycles. The van der Waals surface area contributed by atoms with Crippen molar-refractivity contribution in [2.75, 3.05) is 29.1 Å². The fraction of sp³-hybridized carbons (Fsp3) is 0.520. The van der Waals surface area contributed by atoms with Crippen molar-refractivity contribution in [3.05, 3.63) is 42.0 Å². The maximum Gasteiger partial charge on any atom is 0.234 e. The lowest BCUT2D eigenvalue weighted by molar-refractivity contribution is -0.125. The molecule has 1 aliphatic heterocycles. The van der Waals surface area contributed by atoms with E-state index in [0.29, 0.717) is 6.04 Å². The van der Waals surface area contributed by atoms with E-state index >= 15 is 0 Å². The number of rotatable bonds is 10. The second kappa shape index (κ2) is 11.5. The van der Waals surface area contributed by atoms with E-state index in [0.717, 1.165) is 61.7 Å². The van der Waals surface area contributed by atoms with E-state index in [2.05, 4.69) is 44.8 Å². The third-order valence-corrected chi connectivity index (χ3v) is 7.07. The first-order valence-electron chi connectivity index (χ1n) is 12.0. The Labute approximate surface area is 200 Å². The first kappa shape index (κ1) is 23.5. The Kier molecular flexibility index (Phi) is 8.20. The summed E-state index contributed by atoms with van der Waals surface area (Å²) in [6, 6.07) is 12.4. The highest BCUT2D eigenvalue weighted by Gasteiger charge is 2.30. The van der Waals surface area contributed by atoms with Crippen LogP contribution in [0.3, 0.4) is 0 Å². The van der Waals surface area contributed by atoms with E-state index in [1.807, 2.05) is 24.3 Å². The number of anilines is 2. The summed E-state index contributed by atoms with van der Waals surface area (Å²) >= 11 is 1.38. The van der Waals surface area contributed by atoms with Crippen LogP contribution in [0.15, 0.2) is 41.4 Å². The largest absolute Gasteiger partial charge is 0.355 e. The Morgan fingerprint density at radius 1 is 1.03 bits per heavy atom. The summed E-state index contributed by atoms with van der Waals surface area (Å²) in [4.78, 5) is 26.7. The number of unbranched alkanes of at least 4 members (excludes halogenated alkanes) is 1. The lowest BCUT2D eigenvalue weighted by Gasteiger charge is -2.31. The lowest BCUT2D eigenvalue weighted by atomic mass is 9.96. The molecule has 2 N–H and O–H groups in total. The summed E-state index contributed by atoms with van der Waals surface area (Å²) in [5.74, 6) is 1.37. The van der Waals surface area contributed by atoms with Crippen molar-refractivity contribution in [3.8, 4) is 0 Å². The molecule has 1 aromatic heterocycles. The molecule has 0 radical (unpaired) electrons. The highest BCUT2D eigenvalue weighted by atomic mass is 32.2. The third kappa shape index (κ3) is 7.19. The van der Waals surface area contributed by atoms with Crippen LogP contribution in [-0.4, -0.2) is 46.9 Å². The van der Waals surface area contributed by atoms with E-state index in [-0.39, 0.29) is 23.5 Å². The second-order valence-corrected chi connectivity index (χ2v) is 9.91. The van der Waals surface area contributed by atoms with E-state index in [4.69, 9.17) is 0 Å². The molecule has 2 fully saturated rings. The number of nitrogens with zero attached hydrogens (tertiary/aromatic N) is 3. The van der Waals surface area contributed by atoms with Crippen LogP contribution in [0, 0.1) is 5.92 Å². The molecule has 1 aromatic carbocycles. The van der Waals surface area contributed by atoms with Crippen molar-refractivity contribution in [3.63, 3.8) is 0 Å². The lowest BCUT2D eigenvalue weighted by Crippen LogP contribution is -2.41. The smallest absolute Gasteiger partial charge is 0.234 e. The van der Waals surface area contributed by atoms with Crippen LogP contribution in [0.4, 0.5) is 11.5 Å². The molecular weight excluding hydrogens is 434 g/mol. The Bertz CT molecular complexity index is 923. The molecule has 2 amide bonds. The highest BCUT2D eigenvalue weighted by molar-refractivity contribution is 7.99. The van der Waals surface area contributed by atoms with Crippen LogP contribution < -0.4 is 15.5 Å². The number of thioether (sulfide) groups is 1. The van der Waals surface area contributed by atoms with Gasteiger partial charge in [-0.3, -0.25) is 9.59 Å². The van der Waals surface area contributed by atoms with Gasteiger partial charge in [0.1, 0.15) is 5.03 Å². The molecule has 0 spiro atoms. The van der Waals surface area contributed by atoms with Crippen molar-refractivity contribution >= 4 is 35.1 Å². The molecule has 0 unspecified atom stereocenters. The van der Waals surface area contributed by atoms with Crippen molar-refractivity contribution in [1.29, 1.82) is 0 Å². The number of hydrogen-bond donors (Lipinski definition) is 2. The summed E-state index contributed by atoms with van der Waals surface area (Å²) in [5, 5.41) is 15.4. The number of aromatic nitrogens is 2. The average molecular weight is 468 g/mol. The summed E-state index contributed by atoms with van der Waals surface area (Å²) in [5.41, 5.74) is 2.11. The molecular formula is C25H33N5O2S. The SMILES string of the molecule is CCCCc1ccc(NC(=O)CSc2ccc(N3CCC(C(=O)NC4CC4)CC3)nn2)cc1. The van der Waals surface area contributed by atoms with Gasteiger partial charge < -0.3 is 15.5 Å². The number of nitrogens with one attached hydrogen (secondary N) is 2. The average Bonchev–Trinajstić information content (AvgIpc) is 3.67. The number of piperidine rings is 1. The van der Waals surface area contributed by atoms with Crippen LogP contribution in [0.25, 0.3) is 0 Å². The summed E-state index contributed by atoms with van der Waals surface area (Å²) in [6.45, 7) is 3.80. The van der Waals surface area contributed by atoms with Crippen LogP contribution in [0.1, 0.15) is 51.0 Å². The molecule has 0 atom stereocenters. The molecule has 8 heteroatoms. The predicted octanol–water partition coefficient (Wildman–Crippen LogP) is 4.05. The number of carbonyl (C=O) groups excluding carboxylic acids is 2. The number of carbonyl (C=O) groups is 2. The molecule has 2 aromatic rings. The van der Waals surface area contributed by atoms with Crippen LogP contribution in [0.5, 0.6) is 0 Å². The van der Waals surface area contributed by atoms with Crippen molar-refractivity contribution in [1.82, 2.24) is 15.5 Å². The maximum atomic E-state index is 12.3. The Balaban J connectivity index is 1.18. The van der Waals surface area contributed by atoms with Gasteiger partial charge in [0.2, 0.25) is 11.8 Å². The number of hydrogen-bond acceptors (Lipinski definition) is 6. The van der Waals surface area contributed by atoms with Gasteiger partial charge in [-0.25, -0.2) is 0 Å². The van der Waals surface area contributed by atoms with Crippen LogP contribution in [-0.2, 0) is 16.0 Å². The molecule has 4 rings (SSSR count). The molecule has 1 saturated carbocycles. The summed E-state index contributed by atoms with van der Waals surface area (Å²) < 4.78 is 0. The van der Waals surface area contributed by atoms with Crippen molar-refractivity contribution < 1.29 is 9.59 Å². The van der Waals surface area contributed by atoms with E-state index in [9.17, 15) is 9.59 Å². The first-order valence-corrected chi connectivity index (χ1v) is 13.0. The summed E-state index contributed by atoms with van der Waals surface area (Å²) in [6.07, 6.45) is 7.36. The van der Waals surface area contributed by atoms with Gasteiger partial charge in [-0.2, -0.15) is 0 Å². The molecule has 7 nitrogen and oxygen atoms in total. The van der Waals surface area contributed by atoms with Crippen LogP contribution in [0.2, 0.25) is 0 Å². The Hall–Kier alpha value is -2.61. The molecule has 1 aliphatic carbocycles. The number of benzene rings is 1. The fourth-order valence-corrected chi connectivity index (χ4v) is 4.56. The second-order valence-electron chi connectivity index (χ2n) is 8.91. The van der Waals surface area contributed by atoms with Crippen LogP contribution >= 0.6 is 11.8 Å². The van der Waals surface area contributed by atoms with Crippen molar-refractivity contribution in [2.45, 2.75) is 62.9 Å². The maximum absolute atomic E-state index is 12.3. The first-order chi connectivity index (χ1) is 16.1. The molecule has 33 heavy (non-hydrogen) atoms. The quantitative estimate of drug-likeness (QED) is 0.513. The van der Waals surface area contributed by atoms with Crippen molar-refractivity contribution in [2.24, 2.45) is 5.92 Å². The normalized spacial score (nSPS) is 16.5. The van der Waals surface area contributed by atoms with E-state index < -0.39 is 0 Å². The molecule has 2 heterocycles. The minimum atomic E-state index is -0.0567. The zero-order chi connectivity index (χ0) is 23.0. The standard InChI is InChI=1S/C25H33N5O2S/c1-2-3-4-18-5-7-20(8-6-18)26-23(31)17-33-24-12-11-22(28-29-24)30-15-13-19(14-16-30)25(32)27-21-9-10-21/h5-8,11-12,19,21H,2-4,9-10,13-17H2,1H3,(H,26,31)(H,27,32). The van der Waals surface area contributed by atoms with Gasteiger partial charge >= 0.3 is 0 Å². The Morgan fingerprint density at radius 2 is 1.79 bits per heavy atom. The minimum absolute atomic E-state index is 0.0567. The van der Waals surface area contributed by atoms with E-state index in [1.165, 1.54) is 30.2 Å². The fourth-order valence-electron chi connectivity index (χ4n) is 3.95. The van der Waals surface area contributed by atoms with Gasteiger partial charge in [0.25, 0.3) is 0 Å². The Morgan fingerprint density at radius 3 is 2.42 bits per heavy atom. The molecule has 176 valence electrons. The monoisotopic (exact) mass is 467 g/mol. The zero-order valence-electron chi connectivity index (χ0n) is 19.3. The van der Waals surface area contributed by atoms with Gasteiger partial charge in [0.15, 0.2) is 5.82 Å². The molecule has 0 bridgehead atoms. The predicted molar refractivity (Wildman–Crippen MR) is 133 cm³/mol.